The van der Waals surface area contributed by atoms with Crippen molar-refractivity contribution in [2.45, 2.75) is 25.4 Å². The van der Waals surface area contributed by atoms with Crippen LogP contribution >= 0.6 is 0 Å². The van der Waals surface area contributed by atoms with Crippen molar-refractivity contribution in [1.29, 1.82) is 0 Å². The van der Waals surface area contributed by atoms with Gasteiger partial charge in [-0.15, -0.1) is 0 Å². The van der Waals surface area contributed by atoms with E-state index < -0.39 is 30.0 Å². The average molecular weight is 288 g/mol. The van der Waals surface area contributed by atoms with E-state index in [9.17, 15) is 22.8 Å². The number of alkyl halides is 3. The van der Waals surface area contributed by atoms with Gasteiger partial charge in [-0.25, -0.2) is 0 Å². The van der Waals surface area contributed by atoms with Crippen LogP contribution in [0, 0.1) is 5.92 Å². The number of aromatic amines is 1. The summed E-state index contributed by atoms with van der Waals surface area (Å²) in [6, 6.07) is 2.97. The standard InChI is InChI=1S/C13H15F3N2O2/c14-13(15,16)8-9-3-6-18(7-4-9)12(20)10-2-1-5-17-11(10)19/h1-2,5,9H,3-4,6-8H2,(H,17,19). The van der Waals surface area contributed by atoms with Crippen LogP contribution in [0.1, 0.15) is 29.6 Å². The van der Waals surface area contributed by atoms with Gasteiger partial charge in [0, 0.05) is 25.7 Å². The van der Waals surface area contributed by atoms with Crippen molar-refractivity contribution in [3.05, 3.63) is 34.2 Å². The first kappa shape index (κ1) is 14.6. The Kier molecular flexibility index (Phi) is 4.15. The lowest BCUT2D eigenvalue weighted by Crippen LogP contribution is -2.41. The number of nitrogens with zero attached hydrogens (tertiary/aromatic N) is 1. The highest BCUT2D eigenvalue weighted by molar-refractivity contribution is 5.93. The first-order chi connectivity index (χ1) is 9.37. The number of amides is 1. The second-order valence-electron chi connectivity index (χ2n) is 4.97. The van der Waals surface area contributed by atoms with Crippen LogP contribution in [0.4, 0.5) is 13.2 Å². The van der Waals surface area contributed by atoms with E-state index in [-0.39, 0.29) is 18.7 Å². The fourth-order valence-corrected chi connectivity index (χ4v) is 2.43. The van der Waals surface area contributed by atoms with Gasteiger partial charge in [0.1, 0.15) is 5.56 Å². The maximum atomic E-state index is 12.3. The van der Waals surface area contributed by atoms with E-state index in [2.05, 4.69) is 4.98 Å². The zero-order valence-corrected chi connectivity index (χ0v) is 10.7. The number of nitrogens with one attached hydrogen (secondary N) is 1. The van der Waals surface area contributed by atoms with E-state index in [0.29, 0.717) is 12.8 Å². The molecule has 0 atom stereocenters. The van der Waals surface area contributed by atoms with Gasteiger partial charge in [-0.2, -0.15) is 13.2 Å². The number of carbonyl (C=O) groups excluding carboxylic acids is 1. The number of halogens is 3. The molecule has 4 nitrogen and oxygen atoms in total. The molecule has 0 aliphatic carbocycles. The summed E-state index contributed by atoms with van der Waals surface area (Å²) in [4.78, 5) is 27.4. The fourth-order valence-electron chi connectivity index (χ4n) is 2.43. The number of hydrogen-bond donors (Lipinski definition) is 1. The number of aromatic nitrogens is 1. The Morgan fingerprint density at radius 1 is 1.35 bits per heavy atom. The highest BCUT2D eigenvalue weighted by Crippen LogP contribution is 2.31. The average Bonchev–Trinajstić information content (AvgIpc) is 2.37. The normalized spacial score (nSPS) is 17.2. The van der Waals surface area contributed by atoms with Gasteiger partial charge in [-0.3, -0.25) is 9.59 Å². The lowest BCUT2D eigenvalue weighted by molar-refractivity contribution is -0.147. The van der Waals surface area contributed by atoms with E-state index in [1.165, 1.54) is 17.2 Å². The van der Waals surface area contributed by atoms with Crippen LogP contribution in [0.2, 0.25) is 0 Å². The van der Waals surface area contributed by atoms with Gasteiger partial charge in [0.2, 0.25) is 0 Å². The fraction of sp³-hybridized carbons (Fsp3) is 0.538. The van der Waals surface area contributed by atoms with Crippen LogP contribution in [0.25, 0.3) is 0 Å². The second kappa shape index (κ2) is 5.68. The Balaban J connectivity index is 1.96. The smallest absolute Gasteiger partial charge is 0.338 e. The van der Waals surface area contributed by atoms with Crippen LogP contribution in [0.5, 0.6) is 0 Å². The third kappa shape index (κ3) is 3.61. The molecule has 20 heavy (non-hydrogen) atoms. The minimum atomic E-state index is -4.16. The Labute approximate surface area is 113 Å². The molecular formula is C13H15F3N2O2. The molecule has 0 radical (unpaired) electrons. The molecule has 0 bridgehead atoms. The van der Waals surface area contributed by atoms with E-state index in [0.717, 1.165) is 0 Å². The Bertz CT molecular complexity index is 531. The largest absolute Gasteiger partial charge is 0.389 e. The molecule has 0 saturated carbocycles. The van der Waals surface area contributed by atoms with Crippen molar-refractivity contribution in [3.63, 3.8) is 0 Å². The van der Waals surface area contributed by atoms with Crippen molar-refractivity contribution < 1.29 is 18.0 Å². The van der Waals surface area contributed by atoms with Crippen LogP contribution in [-0.2, 0) is 0 Å². The van der Waals surface area contributed by atoms with Gasteiger partial charge >= 0.3 is 6.18 Å². The Morgan fingerprint density at radius 3 is 2.55 bits per heavy atom. The lowest BCUT2D eigenvalue weighted by Gasteiger charge is -2.32. The summed E-state index contributed by atoms with van der Waals surface area (Å²) in [6.07, 6.45) is -2.91. The third-order valence-electron chi connectivity index (χ3n) is 3.47. The number of hydrogen-bond acceptors (Lipinski definition) is 2. The van der Waals surface area contributed by atoms with E-state index in [1.54, 1.807) is 6.07 Å². The molecule has 110 valence electrons. The topological polar surface area (TPSA) is 53.2 Å². The van der Waals surface area contributed by atoms with Crippen molar-refractivity contribution in [1.82, 2.24) is 9.88 Å². The number of likely N-dealkylation sites (tertiary alicyclic amines) is 1. The molecule has 0 spiro atoms. The third-order valence-corrected chi connectivity index (χ3v) is 3.47. The molecule has 1 N–H and O–H groups in total. The lowest BCUT2D eigenvalue weighted by atomic mass is 9.93. The van der Waals surface area contributed by atoms with Gasteiger partial charge in [0.15, 0.2) is 0 Å². The highest BCUT2D eigenvalue weighted by atomic mass is 19.4. The second-order valence-corrected chi connectivity index (χ2v) is 4.97. The van der Waals surface area contributed by atoms with Gasteiger partial charge < -0.3 is 9.88 Å². The summed E-state index contributed by atoms with van der Waals surface area (Å²) in [5.41, 5.74) is -0.448. The molecule has 0 unspecified atom stereocenters. The van der Waals surface area contributed by atoms with Crippen molar-refractivity contribution in [2.75, 3.05) is 13.1 Å². The molecule has 2 rings (SSSR count). The van der Waals surface area contributed by atoms with Crippen molar-refractivity contribution >= 4 is 5.91 Å². The van der Waals surface area contributed by atoms with Gasteiger partial charge in [0.05, 0.1) is 0 Å². The molecule has 1 aromatic rings. The molecule has 7 heteroatoms. The summed E-state index contributed by atoms with van der Waals surface area (Å²) < 4.78 is 36.9. The first-order valence-electron chi connectivity index (χ1n) is 6.40. The molecule has 1 aromatic heterocycles. The Hall–Kier alpha value is -1.79. The maximum absolute atomic E-state index is 12.3. The van der Waals surface area contributed by atoms with Gasteiger partial charge in [-0.05, 0) is 30.9 Å². The van der Waals surface area contributed by atoms with E-state index in [1.807, 2.05) is 0 Å². The predicted octanol–water partition coefficient (Wildman–Crippen LogP) is 2.18. The number of carbonyl (C=O) groups is 1. The number of piperidine rings is 1. The zero-order chi connectivity index (χ0) is 14.8. The molecule has 1 fully saturated rings. The van der Waals surface area contributed by atoms with Crippen molar-refractivity contribution in [3.8, 4) is 0 Å². The summed E-state index contributed by atoms with van der Waals surface area (Å²) in [5.74, 6) is -0.856. The van der Waals surface area contributed by atoms with Crippen LogP contribution in [0.15, 0.2) is 23.1 Å². The summed E-state index contributed by atoms with van der Waals surface area (Å²) in [6.45, 7) is 0.516. The van der Waals surface area contributed by atoms with Gasteiger partial charge in [-0.1, -0.05) is 0 Å². The summed E-state index contributed by atoms with van der Waals surface area (Å²) in [5, 5.41) is 0. The van der Waals surface area contributed by atoms with Crippen LogP contribution < -0.4 is 5.56 Å². The quantitative estimate of drug-likeness (QED) is 0.907. The van der Waals surface area contributed by atoms with Gasteiger partial charge in [0.25, 0.3) is 11.5 Å². The molecular weight excluding hydrogens is 273 g/mol. The van der Waals surface area contributed by atoms with Crippen LogP contribution in [0.3, 0.4) is 0 Å². The SMILES string of the molecule is O=C(c1ccc[nH]c1=O)N1CCC(CC(F)(F)F)CC1. The minimum Gasteiger partial charge on any atom is -0.338 e. The molecule has 1 aliphatic rings. The van der Waals surface area contributed by atoms with E-state index in [4.69, 9.17) is 0 Å². The Morgan fingerprint density at radius 2 is 2.00 bits per heavy atom. The zero-order valence-electron chi connectivity index (χ0n) is 10.7. The van der Waals surface area contributed by atoms with Crippen molar-refractivity contribution in [2.24, 2.45) is 5.92 Å². The minimum absolute atomic E-state index is 0.0294. The molecule has 2 heterocycles. The monoisotopic (exact) mass is 288 g/mol. The van der Waals surface area contributed by atoms with E-state index >= 15 is 0 Å². The molecule has 0 aromatic carbocycles. The predicted molar refractivity (Wildman–Crippen MR) is 66.4 cm³/mol. The molecule has 1 saturated heterocycles. The molecule has 1 amide bonds. The first-order valence-corrected chi connectivity index (χ1v) is 6.40. The number of pyridine rings is 1. The number of H-pyrrole nitrogens is 1. The maximum Gasteiger partial charge on any atom is 0.389 e. The highest BCUT2D eigenvalue weighted by Gasteiger charge is 2.34. The molecule has 1 aliphatic heterocycles. The summed E-state index contributed by atoms with van der Waals surface area (Å²) in [7, 11) is 0. The number of rotatable bonds is 2. The van der Waals surface area contributed by atoms with Crippen LogP contribution in [-0.4, -0.2) is 35.1 Å². The summed E-state index contributed by atoms with van der Waals surface area (Å²) >= 11 is 0.